The number of rotatable bonds is 6. The van der Waals surface area contributed by atoms with Gasteiger partial charge in [-0.15, -0.1) is 0 Å². The number of carbonyl (C=O) groups is 1. The Morgan fingerprint density at radius 1 is 1.54 bits per heavy atom. The maximum Gasteiger partial charge on any atom is 0.303 e. The largest absolute Gasteiger partial charge is 0.504 e. The highest BCUT2D eigenvalue weighted by Crippen LogP contribution is 2.37. The number of nitro benzene ring substituents is 1. The molecule has 0 N–H and O–H groups in total. The van der Waals surface area contributed by atoms with Gasteiger partial charge in [-0.25, -0.2) is 4.85 Å². The Bertz CT molecular complexity index is 654. The molecule has 1 aliphatic rings. The van der Waals surface area contributed by atoms with Crippen molar-refractivity contribution in [2.45, 2.75) is 32.6 Å². The number of benzene rings is 1. The van der Waals surface area contributed by atoms with Gasteiger partial charge in [0.1, 0.15) is 5.75 Å². The summed E-state index contributed by atoms with van der Waals surface area (Å²) in [5, 5.41) is 11.0. The lowest BCUT2D eigenvalue weighted by Gasteiger charge is -2.32. The second-order valence-electron chi connectivity index (χ2n) is 5.90. The molecule has 1 heterocycles. The number of carbonyl (C=O) groups excluding carboxylic acids is 1. The van der Waals surface area contributed by atoms with E-state index in [1.54, 1.807) is 6.07 Å². The topological polar surface area (TPSA) is 77.0 Å². The van der Waals surface area contributed by atoms with Crippen LogP contribution in [0, 0.1) is 22.6 Å². The Morgan fingerprint density at radius 3 is 3.00 bits per heavy atom. The molecule has 0 aromatic heterocycles. The summed E-state index contributed by atoms with van der Waals surface area (Å²) in [6.45, 7) is 10.9. The molecule has 0 bridgehead atoms. The van der Waals surface area contributed by atoms with E-state index < -0.39 is 4.92 Å². The molecule has 0 spiro atoms. The Balaban J connectivity index is 2.01. The fraction of sp³-hybridized carbons (Fsp3) is 0.529. The van der Waals surface area contributed by atoms with Crippen molar-refractivity contribution in [2.75, 3.05) is 19.7 Å². The third-order valence-electron chi connectivity index (χ3n) is 4.10. The van der Waals surface area contributed by atoms with Crippen molar-refractivity contribution >= 4 is 17.3 Å². The normalized spacial score (nSPS) is 17.2. The first-order valence-electron chi connectivity index (χ1n) is 8.12. The van der Waals surface area contributed by atoms with Crippen molar-refractivity contribution in [1.29, 1.82) is 0 Å². The molecule has 128 valence electrons. The number of piperidine rings is 1. The molecular formula is C17H21N3O4. The number of ether oxygens (including phenoxy) is 1. The Labute approximate surface area is 141 Å². The van der Waals surface area contributed by atoms with Crippen molar-refractivity contribution in [3.63, 3.8) is 0 Å². The molecule has 0 unspecified atom stereocenters. The van der Waals surface area contributed by atoms with Gasteiger partial charge < -0.3 is 9.64 Å². The van der Waals surface area contributed by atoms with Crippen LogP contribution in [0.5, 0.6) is 5.75 Å². The molecular weight excluding hydrogens is 310 g/mol. The first kappa shape index (κ1) is 17.7. The van der Waals surface area contributed by atoms with E-state index in [1.807, 2.05) is 11.8 Å². The molecule has 0 radical (unpaired) electrons. The van der Waals surface area contributed by atoms with Gasteiger partial charge in [0.15, 0.2) is 0 Å². The standard InChI is InChI=1S/C17H21N3O4/c1-3-6-16(21)19-10-5-7-13(11-19)12-24-15-9-4-8-14(20(22)23)17(15)18-2/h4,8-9,13H,3,5-7,10-12H2,1H3/t13-/m0/s1. The summed E-state index contributed by atoms with van der Waals surface area (Å²) in [5.74, 6) is 0.577. The van der Waals surface area contributed by atoms with Crippen LogP contribution in [0.1, 0.15) is 32.6 Å². The zero-order valence-corrected chi connectivity index (χ0v) is 13.7. The van der Waals surface area contributed by atoms with Crippen molar-refractivity contribution < 1.29 is 14.5 Å². The summed E-state index contributed by atoms with van der Waals surface area (Å²) in [6.07, 6.45) is 3.26. The average Bonchev–Trinajstić information content (AvgIpc) is 2.59. The van der Waals surface area contributed by atoms with Gasteiger partial charge in [-0.3, -0.25) is 14.9 Å². The van der Waals surface area contributed by atoms with Crippen LogP contribution in [0.4, 0.5) is 11.4 Å². The van der Waals surface area contributed by atoms with Gasteiger partial charge in [0, 0.05) is 31.5 Å². The van der Waals surface area contributed by atoms with Crippen molar-refractivity contribution in [3.05, 3.63) is 39.7 Å². The van der Waals surface area contributed by atoms with E-state index in [2.05, 4.69) is 4.85 Å². The molecule has 1 aromatic rings. The fourth-order valence-corrected chi connectivity index (χ4v) is 2.89. The van der Waals surface area contributed by atoms with Crippen LogP contribution < -0.4 is 4.74 Å². The van der Waals surface area contributed by atoms with Crippen LogP contribution in [0.15, 0.2) is 18.2 Å². The minimum absolute atomic E-state index is 0.0720. The predicted octanol–water partition coefficient (Wildman–Crippen LogP) is 3.56. The molecule has 0 saturated carbocycles. The molecule has 7 heteroatoms. The SMILES string of the molecule is [C-]#[N+]c1c(OC[C@H]2CCCN(C(=O)CCC)C2)cccc1[N+](=O)[O-]. The van der Waals surface area contributed by atoms with E-state index in [4.69, 9.17) is 11.3 Å². The zero-order chi connectivity index (χ0) is 17.5. The molecule has 2 rings (SSSR count). The highest BCUT2D eigenvalue weighted by atomic mass is 16.6. The molecule has 1 amide bonds. The molecule has 1 aromatic carbocycles. The van der Waals surface area contributed by atoms with E-state index in [0.29, 0.717) is 19.6 Å². The first-order valence-corrected chi connectivity index (χ1v) is 8.12. The van der Waals surface area contributed by atoms with Crippen LogP contribution >= 0.6 is 0 Å². The maximum atomic E-state index is 12.0. The van der Waals surface area contributed by atoms with Gasteiger partial charge in [0.05, 0.1) is 18.1 Å². The van der Waals surface area contributed by atoms with Gasteiger partial charge in [0.2, 0.25) is 5.91 Å². The maximum absolute atomic E-state index is 12.0. The van der Waals surface area contributed by atoms with E-state index in [-0.39, 0.29) is 28.9 Å². The van der Waals surface area contributed by atoms with Crippen LogP contribution in [0.2, 0.25) is 0 Å². The van der Waals surface area contributed by atoms with Gasteiger partial charge in [-0.1, -0.05) is 13.0 Å². The summed E-state index contributed by atoms with van der Waals surface area (Å²) in [6, 6.07) is 4.38. The summed E-state index contributed by atoms with van der Waals surface area (Å²) in [7, 11) is 0. The number of hydrogen-bond donors (Lipinski definition) is 0. The number of hydrogen-bond acceptors (Lipinski definition) is 4. The van der Waals surface area contributed by atoms with Crippen molar-refractivity contribution in [2.24, 2.45) is 5.92 Å². The van der Waals surface area contributed by atoms with Crippen molar-refractivity contribution in [3.8, 4) is 5.75 Å². The molecule has 0 aliphatic carbocycles. The minimum Gasteiger partial charge on any atom is -0.504 e. The van der Waals surface area contributed by atoms with E-state index in [9.17, 15) is 14.9 Å². The Morgan fingerprint density at radius 2 is 2.33 bits per heavy atom. The van der Waals surface area contributed by atoms with Crippen molar-refractivity contribution in [1.82, 2.24) is 4.90 Å². The van der Waals surface area contributed by atoms with E-state index >= 15 is 0 Å². The first-order chi connectivity index (χ1) is 11.6. The van der Waals surface area contributed by atoms with Gasteiger partial charge in [0.25, 0.3) is 5.69 Å². The molecule has 24 heavy (non-hydrogen) atoms. The summed E-state index contributed by atoms with van der Waals surface area (Å²) in [4.78, 5) is 27.5. The highest BCUT2D eigenvalue weighted by Gasteiger charge is 2.25. The summed E-state index contributed by atoms with van der Waals surface area (Å²) in [5.41, 5.74) is -0.317. The quantitative estimate of drug-likeness (QED) is 0.453. The molecule has 1 aliphatic heterocycles. The fourth-order valence-electron chi connectivity index (χ4n) is 2.89. The summed E-state index contributed by atoms with van der Waals surface area (Å²) < 4.78 is 5.69. The number of para-hydroxylation sites is 1. The third kappa shape index (κ3) is 4.22. The van der Waals surface area contributed by atoms with Crippen LogP contribution in [0.25, 0.3) is 4.85 Å². The minimum atomic E-state index is -0.577. The predicted molar refractivity (Wildman–Crippen MR) is 89.1 cm³/mol. The highest BCUT2D eigenvalue weighted by molar-refractivity contribution is 5.76. The monoisotopic (exact) mass is 331 g/mol. The van der Waals surface area contributed by atoms with Gasteiger partial charge >= 0.3 is 5.69 Å². The third-order valence-corrected chi connectivity index (χ3v) is 4.10. The van der Waals surface area contributed by atoms with E-state index in [1.165, 1.54) is 12.1 Å². The molecule has 1 atom stereocenters. The molecule has 1 saturated heterocycles. The van der Waals surface area contributed by atoms with Gasteiger partial charge in [-0.2, -0.15) is 0 Å². The number of amides is 1. The Hall–Kier alpha value is -2.62. The lowest BCUT2D eigenvalue weighted by molar-refractivity contribution is -0.383. The second kappa shape index (κ2) is 8.29. The average molecular weight is 331 g/mol. The number of likely N-dealkylation sites (tertiary alicyclic amines) is 1. The van der Waals surface area contributed by atoms with Crippen LogP contribution in [0.3, 0.4) is 0 Å². The van der Waals surface area contributed by atoms with Crippen LogP contribution in [-0.2, 0) is 4.79 Å². The molecule has 7 nitrogen and oxygen atoms in total. The molecule has 1 fully saturated rings. The lowest BCUT2D eigenvalue weighted by Crippen LogP contribution is -2.41. The smallest absolute Gasteiger partial charge is 0.303 e. The zero-order valence-electron chi connectivity index (χ0n) is 13.7. The van der Waals surface area contributed by atoms with Gasteiger partial charge in [-0.05, 0) is 25.3 Å². The van der Waals surface area contributed by atoms with E-state index in [0.717, 1.165) is 25.8 Å². The lowest BCUT2D eigenvalue weighted by atomic mass is 9.98. The Kier molecular flexibility index (Phi) is 6.13. The van der Waals surface area contributed by atoms with Crippen LogP contribution in [-0.4, -0.2) is 35.4 Å². The summed E-state index contributed by atoms with van der Waals surface area (Å²) >= 11 is 0. The number of nitrogens with zero attached hydrogens (tertiary/aromatic N) is 3. The second-order valence-corrected chi connectivity index (χ2v) is 5.90. The number of nitro groups is 1.